The largest absolute Gasteiger partial charge is 0.463 e. The minimum absolute atomic E-state index is 0.148. The molecule has 0 heterocycles. The fourth-order valence-electron chi connectivity index (χ4n) is 1.34. The van der Waals surface area contributed by atoms with Gasteiger partial charge >= 0.3 is 5.97 Å². The van der Waals surface area contributed by atoms with E-state index in [0.29, 0.717) is 17.7 Å². The zero-order chi connectivity index (χ0) is 13.4. The molecular weight excluding hydrogens is 230 g/mol. The lowest BCUT2D eigenvalue weighted by atomic mass is 10.1. The maximum Gasteiger partial charge on any atom is 0.330 e. The number of ether oxygens (including phenoxy) is 1. The molecule has 0 bridgehead atoms. The molecule has 0 saturated heterocycles. The zero-order valence-corrected chi connectivity index (χ0v) is 10.1. The van der Waals surface area contributed by atoms with E-state index in [9.17, 15) is 9.59 Å². The molecule has 18 heavy (non-hydrogen) atoms. The molecule has 1 aromatic rings. The Balaban J connectivity index is 2.80. The summed E-state index contributed by atoms with van der Waals surface area (Å²) in [4.78, 5) is 22.6. The first-order chi connectivity index (χ1) is 8.67. The predicted octanol–water partition coefficient (Wildman–Crippen LogP) is 2.36. The lowest BCUT2D eigenvalue weighted by molar-refractivity contribution is -0.137. The highest BCUT2D eigenvalue weighted by Crippen LogP contribution is 2.09. The van der Waals surface area contributed by atoms with Crippen LogP contribution in [0.4, 0.5) is 0 Å². The first-order valence-electron chi connectivity index (χ1n) is 5.52. The van der Waals surface area contributed by atoms with Crippen molar-refractivity contribution in [3.05, 3.63) is 41.5 Å². The standard InChI is InChI=1S/C14H13NO3/c1-2-18-14(17)7-6-11-4-3-5-12(10-11)13(16)8-9-15/h3-7,10H,2,8H2,1H3. The summed E-state index contributed by atoms with van der Waals surface area (Å²) in [5, 5.41) is 8.46. The van der Waals surface area contributed by atoms with Crippen molar-refractivity contribution >= 4 is 17.8 Å². The van der Waals surface area contributed by atoms with Gasteiger partial charge in [-0.05, 0) is 24.6 Å². The molecule has 0 N–H and O–H groups in total. The Kier molecular flexibility index (Phi) is 5.33. The molecule has 0 amide bonds. The fourth-order valence-corrected chi connectivity index (χ4v) is 1.34. The van der Waals surface area contributed by atoms with Gasteiger partial charge in [-0.3, -0.25) is 4.79 Å². The van der Waals surface area contributed by atoms with Crippen LogP contribution in [-0.4, -0.2) is 18.4 Å². The quantitative estimate of drug-likeness (QED) is 0.452. The van der Waals surface area contributed by atoms with Crippen molar-refractivity contribution in [3.8, 4) is 6.07 Å². The summed E-state index contributed by atoms with van der Waals surface area (Å²) < 4.78 is 4.74. The van der Waals surface area contributed by atoms with Crippen molar-refractivity contribution in [2.45, 2.75) is 13.3 Å². The molecule has 0 spiro atoms. The Labute approximate surface area is 105 Å². The maximum atomic E-state index is 11.5. The van der Waals surface area contributed by atoms with E-state index in [4.69, 9.17) is 10.00 Å². The number of rotatable bonds is 5. The van der Waals surface area contributed by atoms with Crippen LogP contribution in [0.2, 0.25) is 0 Å². The number of carbonyl (C=O) groups is 2. The van der Waals surface area contributed by atoms with Gasteiger partial charge in [0.1, 0.15) is 0 Å². The highest BCUT2D eigenvalue weighted by atomic mass is 16.5. The molecule has 92 valence electrons. The molecule has 0 saturated carbocycles. The number of benzene rings is 1. The number of ketones is 1. The average molecular weight is 243 g/mol. The highest BCUT2D eigenvalue weighted by molar-refractivity contribution is 5.98. The molecule has 0 aliphatic rings. The van der Waals surface area contributed by atoms with E-state index < -0.39 is 5.97 Å². The van der Waals surface area contributed by atoms with Gasteiger partial charge in [0.05, 0.1) is 19.1 Å². The fraction of sp³-hybridized carbons (Fsp3) is 0.214. The van der Waals surface area contributed by atoms with Crippen molar-refractivity contribution in [2.75, 3.05) is 6.61 Å². The van der Waals surface area contributed by atoms with Crippen LogP contribution in [0.1, 0.15) is 29.3 Å². The zero-order valence-electron chi connectivity index (χ0n) is 10.1. The molecule has 1 rings (SSSR count). The molecule has 0 unspecified atom stereocenters. The molecule has 1 aromatic carbocycles. The molecule has 0 aliphatic heterocycles. The summed E-state index contributed by atoms with van der Waals surface area (Å²) in [6.07, 6.45) is 2.73. The van der Waals surface area contributed by atoms with Crippen LogP contribution >= 0.6 is 0 Å². The monoisotopic (exact) mass is 243 g/mol. The Morgan fingerprint density at radius 3 is 2.89 bits per heavy atom. The summed E-state index contributed by atoms with van der Waals surface area (Å²) in [5.41, 5.74) is 1.18. The molecule has 0 aromatic heterocycles. The second kappa shape index (κ2) is 7.02. The van der Waals surface area contributed by atoms with Crippen LogP contribution < -0.4 is 0 Å². The maximum absolute atomic E-state index is 11.5. The van der Waals surface area contributed by atoms with Crippen LogP contribution in [0.3, 0.4) is 0 Å². The molecular formula is C14H13NO3. The summed E-state index contributed by atoms with van der Waals surface area (Å²) >= 11 is 0. The van der Waals surface area contributed by atoms with Gasteiger partial charge in [-0.15, -0.1) is 0 Å². The first kappa shape index (κ1) is 13.7. The second-order valence-electron chi connectivity index (χ2n) is 3.47. The third-order valence-corrected chi connectivity index (χ3v) is 2.15. The van der Waals surface area contributed by atoms with Crippen molar-refractivity contribution < 1.29 is 14.3 Å². The normalized spacial score (nSPS) is 10.0. The molecule has 0 radical (unpaired) electrons. The number of nitriles is 1. The Morgan fingerprint density at radius 1 is 1.44 bits per heavy atom. The Morgan fingerprint density at radius 2 is 2.22 bits per heavy atom. The van der Waals surface area contributed by atoms with Gasteiger partial charge in [0, 0.05) is 11.6 Å². The average Bonchev–Trinajstić information content (AvgIpc) is 2.37. The topological polar surface area (TPSA) is 67.2 Å². The number of nitrogens with zero attached hydrogens (tertiary/aromatic N) is 1. The van der Waals surface area contributed by atoms with Gasteiger partial charge in [-0.1, -0.05) is 18.2 Å². The SMILES string of the molecule is CCOC(=O)C=Cc1cccc(C(=O)CC#N)c1. The van der Waals surface area contributed by atoms with E-state index in [-0.39, 0.29) is 12.2 Å². The summed E-state index contributed by atoms with van der Waals surface area (Å²) in [7, 11) is 0. The minimum Gasteiger partial charge on any atom is -0.463 e. The molecule has 0 aliphatic carbocycles. The van der Waals surface area contributed by atoms with E-state index in [0.717, 1.165) is 0 Å². The van der Waals surface area contributed by atoms with Crippen LogP contribution in [0.25, 0.3) is 6.08 Å². The van der Waals surface area contributed by atoms with Gasteiger partial charge in [-0.25, -0.2) is 4.79 Å². The lowest BCUT2D eigenvalue weighted by Gasteiger charge is -1.99. The number of hydrogen-bond donors (Lipinski definition) is 0. The minimum atomic E-state index is -0.425. The third kappa shape index (κ3) is 4.22. The van der Waals surface area contributed by atoms with Crippen LogP contribution in [0.5, 0.6) is 0 Å². The van der Waals surface area contributed by atoms with Gasteiger partial charge < -0.3 is 4.74 Å². The van der Waals surface area contributed by atoms with Crippen LogP contribution in [0, 0.1) is 11.3 Å². The number of carbonyl (C=O) groups excluding carboxylic acids is 2. The van der Waals surface area contributed by atoms with E-state index in [2.05, 4.69) is 0 Å². The molecule has 0 fully saturated rings. The van der Waals surface area contributed by atoms with Gasteiger partial charge in [0.15, 0.2) is 5.78 Å². The van der Waals surface area contributed by atoms with E-state index in [1.165, 1.54) is 6.08 Å². The van der Waals surface area contributed by atoms with Gasteiger partial charge in [0.2, 0.25) is 0 Å². The summed E-state index contributed by atoms with van der Waals surface area (Å²) in [6, 6.07) is 8.55. The van der Waals surface area contributed by atoms with E-state index >= 15 is 0 Å². The Bertz CT molecular complexity index is 512. The van der Waals surface area contributed by atoms with Gasteiger partial charge in [0.25, 0.3) is 0 Å². The van der Waals surface area contributed by atoms with Crippen molar-refractivity contribution in [3.63, 3.8) is 0 Å². The Hall–Kier alpha value is -2.41. The van der Waals surface area contributed by atoms with Gasteiger partial charge in [-0.2, -0.15) is 5.26 Å². The number of hydrogen-bond acceptors (Lipinski definition) is 4. The smallest absolute Gasteiger partial charge is 0.330 e. The first-order valence-corrected chi connectivity index (χ1v) is 5.52. The third-order valence-electron chi connectivity index (χ3n) is 2.15. The highest BCUT2D eigenvalue weighted by Gasteiger charge is 2.04. The molecule has 4 nitrogen and oxygen atoms in total. The van der Waals surface area contributed by atoms with Crippen molar-refractivity contribution in [1.82, 2.24) is 0 Å². The number of Topliss-reactive ketones (excluding diaryl/α,β-unsaturated/α-hetero) is 1. The van der Waals surface area contributed by atoms with Crippen LogP contribution in [0.15, 0.2) is 30.3 Å². The van der Waals surface area contributed by atoms with Crippen LogP contribution in [-0.2, 0) is 9.53 Å². The summed E-state index contributed by atoms with van der Waals surface area (Å²) in [6.45, 7) is 2.05. The lowest BCUT2D eigenvalue weighted by Crippen LogP contribution is -1.99. The summed E-state index contributed by atoms with van der Waals surface area (Å²) in [5.74, 6) is -0.657. The predicted molar refractivity (Wildman–Crippen MR) is 66.7 cm³/mol. The van der Waals surface area contributed by atoms with E-state index in [1.807, 2.05) is 6.07 Å². The second-order valence-corrected chi connectivity index (χ2v) is 3.47. The van der Waals surface area contributed by atoms with E-state index in [1.54, 1.807) is 37.3 Å². The molecule has 0 atom stereocenters. The number of esters is 1. The van der Waals surface area contributed by atoms with Crippen molar-refractivity contribution in [2.24, 2.45) is 0 Å². The van der Waals surface area contributed by atoms with Crippen molar-refractivity contribution in [1.29, 1.82) is 5.26 Å². The molecule has 4 heteroatoms.